The average Bonchev–Trinajstić information content (AvgIpc) is 2.62. The van der Waals surface area contributed by atoms with E-state index in [0.717, 1.165) is 36.8 Å². The highest BCUT2D eigenvalue weighted by molar-refractivity contribution is 5.99. The Kier molecular flexibility index (Phi) is 5.76. The summed E-state index contributed by atoms with van der Waals surface area (Å²) in [6.07, 6.45) is 6.48. The molecular formula is C25H30O. The van der Waals surface area contributed by atoms with E-state index in [1.54, 1.807) is 0 Å². The number of aryl methyl sites for hydroxylation is 3. The minimum atomic E-state index is 0.184. The van der Waals surface area contributed by atoms with Crippen LogP contribution in [0.4, 0.5) is 0 Å². The number of carbonyl (C=O) groups is 1. The molecule has 0 atom stereocenters. The first-order valence-electron chi connectivity index (χ1n) is 9.84. The normalized spacial score (nSPS) is 20.8. The van der Waals surface area contributed by atoms with E-state index in [1.807, 2.05) is 6.07 Å². The minimum absolute atomic E-state index is 0.184. The van der Waals surface area contributed by atoms with Crippen LogP contribution >= 0.6 is 0 Å². The third-order valence-electron chi connectivity index (χ3n) is 5.85. The van der Waals surface area contributed by atoms with Crippen molar-refractivity contribution in [2.45, 2.75) is 53.4 Å². The predicted octanol–water partition coefficient (Wildman–Crippen LogP) is 6.70. The van der Waals surface area contributed by atoms with Gasteiger partial charge in [0.15, 0.2) is 5.78 Å². The molecular weight excluding hydrogens is 316 g/mol. The zero-order valence-corrected chi connectivity index (χ0v) is 16.5. The highest BCUT2D eigenvalue weighted by Crippen LogP contribution is 2.39. The second-order valence-corrected chi connectivity index (χ2v) is 7.84. The van der Waals surface area contributed by atoms with E-state index >= 15 is 0 Å². The number of benzene rings is 2. The van der Waals surface area contributed by atoms with E-state index in [1.165, 1.54) is 22.3 Å². The van der Waals surface area contributed by atoms with Gasteiger partial charge in [0.1, 0.15) is 0 Å². The van der Waals surface area contributed by atoms with Crippen molar-refractivity contribution in [1.82, 2.24) is 0 Å². The number of carbonyl (C=O) groups excluding carboxylic acids is 1. The molecule has 0 aliphatic heterocycles. The van der Waals surface area contributed by atoms with Crippen LogP contribution in [0.1, 0.15) is 65.2 Å². The van der Waals surface area contributed by atoms with E-state index in [9.17, 15) is 4.79 Å². The summed E-state index contributed by atoms with van der Waals surface area (Å²) in [5, 5.41) is 0. The molecule has 1 heteroatoms. The van der Waals surface area contributed by atoms with Crippen molar-refractivity contribution < 1.29 is 4.79 Å². The van der Waals surface area contributed by atoms with E-state index in [4.69, 9.17) is 0 Å². The fourth-order valence-corrected chi connectivity index (χ4v) is 4.44. The Bertz CT molecular complexity index is 820. The Balaban J connectivity index is 1.69. The molecule has 0 amide bonds. The fraction of sp³-hybridized carbons (Fsp3) is 0.400. The van der Waals surface area contributed by atoms with Gasteiger partial charge in [0.05, 0.1) is 0 Å². The Morgan fingerprint density at radius 1 is 0.885 bits per heavy atom. The number of Topliss-reactive ketones (excluding diaryl/α,β-unsaturated/α-hetero) is 1. The van der Waals surface area contributed by atoms with E-state index < -0.39 is 0 Å². The van der Waals surface area contributed by atoms with Crippen LogP contribution in [-0.4, -0.2) is 5.78 Å². The van der Waals surface area contributed by atoms with Crippen LogP contribution in [0.25, 0.3) is 5.57 Å². The molecule has 1 fully saturated rings. The number of rotatable bonds is 4. The summed E-state index contributed by atoms with van der Waals surface area (Å²) in [6, 6.07) is 15.0. The molecule has 1 saturated carbocycles. The summed E-state index contributed by atoms with van der Waals surface area (Å²) in [4.78, 5) is 13.0. The average molecular weight is 347 g/mol. The van der Waals surface area contributed by atoms with Crippen LogP contribution in [-0.2, 0) is 0 Å². The van der Waals surface area contributed by atoms with E-state index in [0.29, 0.717) is 11.7 Å². The molecule has 3 rings (SSSR count). The number of ketones is 1. The van der Waals surface area contributed by atoms with Crippen LogP contribution in [0, 0.1) is 32.6 Å². The summed E-state index contributed by atoms with van der Waals surface area (Å²) < 4.78 is 0. The van der Waals surface area contributed by atoms with Crippen LogP contribution < -0.4 is 0 Å². The summed E-state index contributed by atoms with van der Waals surface area (Å²) in [7, 11) is 0. The first-order chi connectivity index (χ1) is 12.5. The van der Waals surface area contributed by atoms with Crippen molar-refractivity contribution in [2.75, 3.05) is 0 Å². The smallest absolute Gasteiger partial charge is 0.166 e. The zero-order valence-electron chi connectivity index (χ0n) is 16.5. The molecule has 0 bridgehead atoms. The molecule has 0 heterocycles. The molecule has 2 aromatic carbocycles. The minimum Gasteiger partial charge on any atom is -0.294 e. The second kappa shape index (κ2) is 8.03. The Morgan fingerprint density at radius 3 is 2.15 bits per heavy atom. The van der Waals surface area contributed by atoms with Crippen molar-refractivity contribution in [2.24, 2.45) is 11.8 Å². The van der Waals surface area contributed by atoms with Crippen molar-refractivity contribution in [1.29, 1.82) is 0 Å². The van der Waals surface area contributed by atoms with Gasteiger partial charge < -0.3 is 0 Å². The van der Waals surface area contributed by atoms with Crippen LogP contribution in [0.2, 0.25) is 0 Å². The largest absolute Gasteiger partial charge is 0.294 e. The van der Waals surface area contributed by atoms with Gasteiger partial charge in [-0.15, -0.1) is 0 Å². The SMILES string of the molecule is C/C=C(/c1cccc(C)c1)C1CCC(C(=O)c2ccc(C)cc2C)CC1. The summed E-state index contributed by atoms with van der Waals surface area (Å²) >= 11 is 0. The van der Waals surface area contributed by atoms with Gasteiger partial charge in [0.2, 0.25) is 0 Å². The zero-order chi connectivity index (χ0) is 18.7. The van der Waals surface area contributed by atoms with E-state index in [-0.39, 0.29) is 5.92 Å². The van der Waals surface area contributed by atoms with Crippen molar-refractivity contribution >= 4 is 11.4 Å². The maximum atomic E-state index is 13.0. The van der Waals surface area contributed by atoms with Crippen molar-refractivity contribution in [3.05, 3.63) is 76.4 Å². The lowest BCUT2D eigenvalue weighted by molar-refractivity contribution is 0.0880. The molecule has 1 aliphatic carbocycles. The first-order valence-corrected chi connectivity index (χ1v) is 9.84. The fourth-order valence-electron chi connectivity index (χ4n) is 4.44. The maximum Gasteiger partial charge on any atom is 0.166 e. The quantitative estimate of drug-likeness (QED) is 0.563. The predicted molar refractivity (Wildman–Crippen MR) is 111 cm³/mol. The Hall–Kier alpha value is -2.15. The lowest BCUT2D eigenvalue weighted by atomic mass is 9.74. The molecule has 0 saturated heterocycles. The van der Waals surface area contributed by atoms with Gasteiger partial charge in [-0.25, -0.2) is 0 Å². The Labute approximate surface area is 158 Å². The number of hydrogen-bond acceptors (Lipinski definition) is 1. The third kappa shape index (κ3) is 3.98. The summed E-state index contributed by atoms with van der Waals surface area (Å²) in [5.74, 6) is 1.10. The van der Waals surface area contributed by atoms with Gasteiger partial charge in [-0.05, 0) is 76.0 Å². The molecule has 1 nitrogen and oxygen atoms in total. The third-order valence-corrected chi connectivity index (χ3v) is 5.85. The van der Waals surface area contributed by atoms with Gasteiger partial charge >= 0.3 is 0 Å². The molecule has 1 aliphatic rings. The van der Waals surface area contributed by atoms with Gasteiger partial charge in [0, 0.05) is 11.5 Å². The first kappa shape index (κ1) is 18.6. The molecule has 2 aromatic rings. The lowest BCUT2D eigenvalue weighted by Crippen LogP contribution is -2.23. The van der Waals surface area contributed by atoms with Gasteiger partial charge in [-0.1, -0.05) is 59.7 Å². The van der Waals surface area contributed by atoms with Gasteiger partial charge in [-0.2, -0.15) is 0 Å². The number of allylic oxidation sites excluding steroid dienone is 2. The monoisotopic (exact) mass is 346 g/mol. The number of hydrogen-bond donors (Lipinski definition) is 0. The lowest BCUT2D eigenvalue weighted by Gasteiger charge is -2.30. The highest BCUT2D eigenvalue weighted by atomic mass is 16.1. The van der Waals surface area contributed by atoms with Crippen molar-refractivity contribution in [3.63, 3.8) is 0 Å². The topological polar surface area (TPSA) is 17.1 Å². The van der Waals surface area contributed by atoms with Crippen LogP contribution in [0.3, 0.4) is 0 Å². The summed E-state index contributed by atoms with van der Waals surface area (Å²) in [6.45, 7) is 8.43. The standard InChI is InChI=1S/C25H30O/c1-5-23(22-8-6-7-17(2)16-22)20-10-12-21(13-11-20)25(26)24-14-9-18(3)15-19(24)4/h5-9,14-16,20-21H,10-13H2,1-4H3/b23-5+. The van der Waals surface area contributed by atoms with Crippen LogP contribution in [0.15, 0.2) is 48.5 Å². The second-order valence-electron chi connectivity index (χ2n) is 7.84. The summed E-state index contributed by atoms with van der Waals surface area (Å²) in [5.41, 5.74) is 7.36. The molecule has 0 radical (unpaired) electrons. The van der Waals surface area contributed by atoms with Crippen LogP contribution in [0.5, 0.6) is 0 Å². The maximum absolute atomic E-state index is 13.0. The molecule has 136 valence electrons. The van der Waals surface area contributed by atoms with E-state index in [2.05, 4.69) is 70.2 Å². The van der Waals surface area contributed by atoms with Crippen molar-refractivity contribution in [3.8, 4) is 0 Å². The molecule has 0 unspecified atom stereocenters. The molecule has 26 heavy (non-hydrogen) atoms. The van der Waals surface area contributed by atoms with Gasteiger partial charge in [0.25, 0.3) is 0 Å². The highest BCUT2D eigenvalue weighted by Gasteiger charge is 2.29. The van der Waals surface area contributed by atoms with Gasteiger partial charge in [-0.3, -0.25) is 4.79 Å². The molecule has 0 N–H and O–H groups in total. The molecule has 0 aromatic heterocycles. The Morgan fingerprint density at radius 2 is 1.54 bits per heavy atom. The molecule has 0 spiro atoms.